The van der Waals surface area contributed by atoms with Crippen LogP contribution in [-0.4, -0.2) is 42.4 Å². The van der Waals surface area contributed by atoms with Crippen LogP contribution in [0.15, 0.2) is 24.3 Å². The van der Waals surface area contributed by atoms with E-state index >= 15 is 0 Å². The van der Waals surface area contributed by atoms with E-state index in [9.17, 15) is 9.59 Å². The monoisotopic (exact) mass is 329 g/mol. The zero-order valence-corrected chi connectivity index (χ0v) is 14.4. The lowest BCUT2D eigenvalue weighted by Gasteiger charge is -2.32. The van der Waals surface area contributed by atoms with Gasteiger partial charge in [-0.25, -0.2) is 0 Å². The molecule has 0 radical (unpaired) electrons. The molecule has 1 aliphatic carbocycles. The molecule has 24 heavy (non-hydrogen) atoms. The van der Waals surface area contributed by atoms with Crippen LogP contribution in [0.2, 0.25) is 0 Å². The van der Waals surface area contributed by atoms with E-state index < -0.39 is 0 Å². The van der Waals surface area contributed by atoms with Crippen LogP contribution in [0.1, 0.15) is 49.4 Å². The Labute approximate surface area is 143 Å². The first-order valence-corrected chi connectivity index (χ1v) is 9.10. The Balaban J connectivity index is 1.47. The third-order valence-corrected chi connectivity index (χ3v) is 4.83. The molecule has 5 heteroatoms. The smallest absolute Gasteiger partial charge is 0.251 e. The predicted octanol–water partition coefficient (Wildman–Crippen LogP) is 2.64. The summed E-state index contributed by atoms with van der Waals surface area (Å²) in [5.41, 5.74) is 1.41. The lowest BCUT2D eigenvalue weighted by Crippen LogP contribution is -2.44. The third kappa shape index (κ3) is 4.57. The van der Waals surface area contributed by atoms with Gasteiger partial charge in [-0.15, -0.1) is 0 Å². The second-order valence-electron chi connectivity index (χ2n) is 6.93. The maximum absolute atomic E-state index is 12.4. The van der Waals surface area contributed by atoms with Gasteiger partial charge >= 0.3 is 0 Å². The Kier molecular flexibility index (Phi) is 5.51. The number of anilines is 1. The molecule has 0 aromatic heterocycles. The summed E-state index contributed by atoms with van der Waals surface area (Å²) < 4.78 is 0. The van der Waals surface area contributed by atoms with Crippen LogP contribution in [0.25, 0.3) is 0 Å². The molecule has 2 amide bonds. The highest BCUT2D eigenvalue weighted by molar-refractivity contribution is 5.96. The predicted molar refractivity (Wildman–Crippen MR) is 95.0 cm³/mol. The molecule has 1 aliphatic heterocycles. The lowest BCUT2D eigenvalue weighted by atomic mass is 10.0. The lowest BCUT2D eigenvalue weighted by molar-refractivity contribution is -0.117. The topological polar surface area (TPSA) is 61.4 Å². The Hall–Kier alpha value is -1.88. The fourth-order valence-corrected chi connectivity index (χ4v) is 3.18. The molecule has 3 rings (SSSR count). The van der Waals surface area contributed by atoms with Crippen molar-refractivity contribution in [3.8, 4) is 0 Å². The highest BCUT2D eigenvalue weighted by Crippen LogP contribution is 2.30. The molecule has 1 saturated carbocycles. The number of carbonyl (C=O) groups excluding carboxylic acids is 2. The van der Waals surface area contributed by atoms with Gasteiger partial charge in [0.2, 0.25) is 5.91 Å². The molecule has 2 N–H and O–H groups in total. The molecule has 1 aromatic carbocycles. The quantitative estimate of drug-likeness (QED) is 0.843. The van der Waals surface area contributed by atoms with Gasteiger partial charge in [-0.05, 0) is 62.9 Å². The van der Waals surface area contributed by atoms with Crippen LogP contribution >= 0.6 is 0 Å². The van der Waals surface area contributed by atoms with Gasteiger partial charge in [0, 0.05) is 36.3 Å². The zero-order valence-electron chi connectivity index (χ0n) is 14.4. The minimum absolute atomic E-state index is 0.0241. The number of benzene rings is 1. The van der Waals surface area contributed by atoms with Gasteiger partial charge in [-0.3, -0.25) is 9.59 Å². The maximum Gasteiger partial charge on any atom is 0.251 e. The van der Waals surface area contributed by atoms with Gasteiger partial charge < -0.3 is 15.5 Å². The molecule has 2 fully saturated rings. The number of rotatable bonds is 6. The maximum atomic E-state index is 12.4. The highest BCUT2D eigenvalue weighted by Gasteiger charge is 2.29. The van der Waals surface area contributed by atoms with E-state index in [1.165, 1.54) is 6.42 Å². The van der Waals surface area contributed by atoms with Crippen molar-refractivity contribution in [1.82, 2.24) is 10.2 Å². The molecule has 0 unspecified atom stereocenters. The molecule has 130 valence electrons. The molecular weight excluding hydrogens is 302 g/mol. The average Bonchev–Trinajstić information content (AvgIpc) is 3.42. The fraction of sp³-hybridized carbons (Fsp3) is 0.579. The van der Waals surface area contributed by atoms with Crippen molar-refractivity contribution < 1.29 is 9.59 Å². The molecule has 0 bridgehead atoms. The molecule has 1 heterocycles. The Morgan fingerprint density at radius 2 is 1.75 bits per heavy atom. The van der Waals surface area contributed by atoms with Crippen molar-refractivity contribution in [3.63, 3.8) is 0 Å². The summed E-state index contributed by atoms with van der Waals surface area (Å²) in [4.78, 5) is 26.6. The van der Waals surface area contributed by atoms with E-state index in [-0.39, 0.29) is 23.8 Å². The number of hydrogen-bond donors (Lipinski definition) is 2. The number of likely N-dealkylation sites (tertiary alicyclic amines) is 1. The van der Waals surface area contributed by atoms with Crippen molar-refractivity contribution in [2.45, 2.75) is 45.1 Å². The number of nitrogens with one attached hydrogen (secondary N) is 2. The van der Waals surface area contributed by atoms with E-state index in [2.05, 4.69) is 22.5 Å². The number of piperidine rings is 1. The summed E-state index contributed by atoms with van der Waals surface area (Å²) in [5, 5.41) is 6.03. The number of nitrogens with zero attached hydrogens (tertiary/aromatic N) is 1. The van der Waals surface area contributed by atoms with Crippen molar-refractivity contribution in [2.24, 2.45) is 5.92 Å². The Morgan fingerprint density at radius 3 is 2.33 bits per heavy atom. The summed E-state index contributed by atoms with van der Waals surface area (Å²) in [5.74, 6) is 0.251. The zero-order chi connectivity index (χ0) is 16.9. The summed E-state index contributed by atoms with van der Waals surface area (Å²) in [7, 11) is 0. The molecule has 5 nitrogen and oxygen atoms in total. The van der Waals surface area contributed by atoms with Crippen molar-refractivity contribution in [2.75, 3.05) is 25.0 Å². The van der Waals surface area contributed by atoms with Gasteiger partial charge in [0.05, 0.1) is 0 Å². The molecule has 0 atom stereocenters. The first-order chi connectivity index (χ1) is 11.7. The largest absolute Gasteiger partial charge is 0.349 e. The van der Waals surface area contributed by atoms with Crippen molar-refractivity contribution >= 4 is 17.5 Å². The van der Waals surface area contributed by atoms with Gasteiger partial charge in [0.15, 0.2) is 0 Å². The standard InChI is InChI=1S/C19H27N3O2/c1-2-11-22-12-9-17(10-13-22)21-19(24)15-5-7-16(8-6-15)20-18(23)14-3-4-14/h5-8,14,17H,2-4,9-13H2,1H3,(H,20,23)(H,21,24). The molecule has 0 spiro atoms. The minimum atomic E-state index is -0.0241. The van der Waals surface area contributed by atoms with Gasteiger partial charge in [0.25, 0.3) is 5.91 Å². The van der Waals surface area contributed by atoms with E-state index in [0.717, 1.165) is 51.0 Å². The normalized spacial score (nSPS) is 19.0. The van der Waals surface area contributed by atoms with Crippen LogP contribution < -0.4 is 10.6 Å². The number of hydrogen-bond acceptors (Lipinski definition) is 3. The van der Waals surface area contributed by atoms with Crippen molar-refractivity contribution in [3.05, 3.63) is 29.8 Å². The average molecular weight is 329 g/mol. The summed E-state index contributed by atoms with van der Waals surface area (Å²) in [6.45, 7) is 5.47. The second kappa shape index (κ2) is 7.79. The van der Waals surface area contributed by atoms with Crippen LogP contribution in [0.3, 0.4) is 0 Å². The highest BCUT2D eigenvalue weighted by atomic mass is 16.2. The first kappa shape index (κ1) is 17.0. The van der Waals surface area contributed by atoms with Crippen molar-refractivity contribution in [1.29, 1.82) is 0 Å². The van der Waals surface area contributed by atoms with E-state index in [1.54, 1.807) is 24.3 Å². The first-order valence-electron chi connectivity index (χ1n) is 9.10. The molecular formula is C19H27N3O2. The summed E-state index contributed by atoms with van der Waals surface area (Å²) in [6.07, 6.45) is 5.19. The number of carbonyl (C=O) groups is 2. The molecule has 1 saturated heterocycles. The fourth-order valence-electron chi connectivity index (χ4n) is 3.18. The van der Waals surface area contributed by atoms with Crippen LogP contribution in [0.5, 0.6) is 0 Å². The Bertz CT molecular complexity index is 573. The molecule has 2 aliphatic rings. The van der Waals surface area contributed by atoms with Crippen LogP contribution in [0.4, 0.5) is 5.69 Å². The third-order valence-electron chi connectivity index (χ3n) is 4.83. The summed E-state index contributed by atoms with van der Waals surface area (Å²) in [6, 6.07) is 7.44. The minimum Gasteiger partial charge on any atom is -0.349 e. The van der Waals surface area contributed by atoms with Gasteiger partial charge in [0.1, 0.15) is 0 Å². The van der Waals surface area contributed by atoms with E-state index in [0.29, 0.717) is 5.56 Å². The van der Waals surface area contributed by atoms with Gasteiger partial charge in [-0.1, -0.05) is 6.92 Å². The van der Waals surface area contributed by atoms with E-state index in [4.69, 9.17) is 0 Å². The van der Waals surface area contributed by atoms with Crippen LogP contribution in [-0.2, 0) is 4.79 Å². The molecule has 1 aromatic rings. The van der Waals surface area contributed by atoms with Gasteiger partial charge in [-0.2, -0.15) is 0 Å². The second-order valence-corrected chi connectivity index (χ2v) is 6.93. The van der Waals surface area contributed by atoms with Crippen LogP contribution in [0, 0.1) is 5.92 Å². The van der Waals surface area contributed by atoms with E-state index in [1.807, 2.05) is 0 Å². The number of amides is 2. The summed E-state index contributed by atoms with van der Waals surface area (Å²) >= 11 is 0. The SMILES string of the molecule is CCCN1CCC(NC(=O)c2ccc(NC(=O)C3CC3)cc2)CC1. The Morgan fingerprint density at radius 1 is 1.08 bits per heavy atom.